The van der Waals surface area contributed by atoms with Crippen molar-refractivity contribution in [1.82, 2.24) is 24.8 Å². The summed E-state index contributed by atoms with van der Waals surface area (Å²) in [4.78, 5) is 20.4. The Morgan fingerprint density at radius 1 is 0.902 bits per heavy atom. The summed E-state index contributed by atoms with van der Waals surface area (Å²) in [6.07, 6.45) is 3.66. The molecular weight excluding hydrogens is 510 g/mol. The van der Waals surface area contributed by atoms with Crippen molar-refractivity contribution >= 4 is 16.9 Å². The van der Waals surface area contributed by atoms with Gasteiger partial charge >= 0.3 is 0 Å². The molecule has 0 amide bonds. The molecule has 0 saturated carbocycles. The fourth-order valence-electron chi connectivity index (χ4n) is 5.29. The van der Waals surface area contributed by atoms with Crippen LogP contribution in [0.2, 0.25) is 0 Å². The van der Waals surface area contributed by atoms with Gasteiger partial charge in [-0.25, -0.2) is 19.9 Å². The van der Waals surface area contributed by atoms with Crippen LogP contribution in [0.15, 0.2) is 85.1 Å². The average molecular weight is 542 g/mol. The topological polar surface area (TPSA) is 99.8 Å². The van der Waals surface area contributed by atoms with Crippen LogP contribution in [0.5, 0.6) is 5.88 Å². The Hall–Kier alpha value is -4.87. The summed E-state index contributed by atoms with van der Waals surface area (Å²) < 4.78 is 5.63. The summed E-state index contributed by atoms with van der Waals surface area (Å²) in [5.74, 6) is 1.52. The lowest BCUT2D eigenvalue weighted by Gasteiger charge is -2.32. The summed E-state index contributed by atoms with van der Waals surface area (Å²) in [7, 11) is 0. The highest BCUT2D eigenvalue weighted by Gasteiger charge is 2.20. The zero-order valence-corrected chi connectivity index (χ0v) is 23.0. The maximum atomic E-state index is 9.04. The largest absolute Gasteiger partial charge is 0.478 e. The Morgan fingerprint density at radius 3 is 2.46 bits per heavy atom. The molecule has 41 heavy (non-hydrogen) atoms. The third-order valence-electron chi connectivity index (χ3n) is 7.35. The van der Waals surface area contributed by atoms with Crippen molar-refractivity contribution in [2.75, 3.05) is 25.0 Å². The number of nitriles is 1. The summed E-state index contributed by atoms with van der Waals surface area (Å²) in [6, 6.07) is 29.2. The van der Waals surface area contributed by atoms with Crippen LogP contribution in [0.4, 0.5) is 5.82 Å². The van der Waals surface area contributed by atoms with E-state index in [-0.39, 0.29) is 5.82 Å². The molecule has 0 bridgehead atoms. The Kier molecular flexibility index (Phi) is 7.79. The molecule has 1 N–H and O–H groups in total. The predicted octanol–water partition coefficient (Wildman–Crippen LogP) is 6.10. The summed E-state index contributed by atoms with van der Waals surface area (Å²) in [5.41, 5.74) is 7.11. The number of fused-ring (bicyclic) bond motifs is 1. The molecular formula is C33H31N7O. The van der Waals surface area contributed by atoms with Gasteiger partial charge in [0.15, 0.2) is 0 Å². The molecule has 204 valence electrons. The molecule has 6 rings (SSSR count). The Morgan fingerprint density at radius 2 is 1.71 bits per heavy atom. The van der Waals surface area contributed by atoms with Crippen LogP contribution < -0.4 is 10.1 Å². The van der Waals surface area contributed by atoms with E-state index in [0.717, 1.165) is 65.9 Å². The maximum Gasteiger partial charge on any atom is 0.234 e. The van der Waals surface area contributed by atoms with Gasteiger partial charge in [-0.2, -0.15) is 5.26 Å². The standard InChI is InChI=1S/C33H31N7O/c1-2-41-32-13-12-28-29(37-32)20-27(24-6-4-3-5-7-24)33(38-28)25-10-8-23(9-11-25)22-40-18-15-26(16-19-40)36-30-14-17-35-31(21-34)39-30/h3-14,17,20,26H,2,15-16,18-19,22H2,1H3,(H,35,36,39). The highest BCUT2D eigenvalue weighted by Crippen LogP contribution is 2.34. The molecule has 2 aromatic carbocycles. The number of hydrogen-bond donors (Lipinski definition) is 1. The second-order valence-corrected chi connectivity index (χ2v) is 10.1. The predicted molar refractivity (Wildman–Crippen MR) is 160 cm³/mol. The molecule has 4 heterocycles. The van der Waals surface area contributed by atoms with E-state index in [9.17, 15) is 0 Å². The molecule has 5 aromatic rings. The quantitative estimate of drug-likeness (QED) is 0.252. The molecule has 0 radical (unpaired) electrons. The van der Waals surface area contributed by atoms with Crippen molar-refractivity contribution in [3.63, 3.8) is 0 Å². The van der Waals surface area contributed by atoms with Crippen molar-refractivity contribution in [1.29, 1.82) is 5.26 Å². The first-order chi connectivity index (χ1) is 20.2. The summed E-state index contributed by atoms with van der Waals surface area (Å²) in [5, 5.41) is 12.5. The third-order valence-corrected chi connectivity index (χ3v) is 7.35. The number of likely N-dealkylation sites (tertiary alicyclic amines) is 1. The van der Waals surface area contributed by atoms with Gasteiger partial charge in [0, 0.05) is 49.1 Å². The number of nitrogens with zero attached hydrogens (tertiary/aromatic N) is 6. The minimum atomic E-state index is 0.193. The number of pyridine rings is 2. The fraction of sp³-hybridized carbons (Fsp3) is 0.242. The minimum absolute atomic E-state index is 0.193. The van der Waals surface area contributed by atoms with E-state index in [1.54, 1.807) is 6.20 Å². The lowest BCUT2D eigenvalue weighted by atomic mass is 9.97. The number of anilines is 1. The number of ether oxygens (including phenoxy) is 1. The maximum absolute atomic E-state index is 9.04. The van der Waals surface area contributed by atoms with Gasteiger partial charge in [-0.15, -0.1) is 0 Å². The van der Waals surface area contributed by atoms with Crippen molar-refractivity contribution in [3.05, 3.63) is 96.4 Å². The van der Waals surface area contributed by atoms with Crippen molar-refractivity contribution < 1.29 is 4.74 Å². The second kappa shape index (κ2) is 12.1. The number of hydrogen-bond acceptors (Lipinski definition) is 8. The Balaban J connectivity index is 1.17. The van der Waals surface area contributed by atoms with E-state index in [2.05, 4.69) is 67.6 Å². The van der Waals surface area contributed by atoms with Crippen LogP contribution in [-0.2, 0) is 6.54 Å². The van der Waals surface area contributed by atoms with Crippen LogP contribution in [0.1, 0.15) is 31.2 Å². The number of rotatable bonds is 8. The Bertz CT molecular complexity index is 1670. The van der Waals surface area contributed by atoms with Gasteiger partial charge in [-0.1, -0.05) is 54.6 Å². The van der Waals surface area contributed by atoms with Gasteiger partial charge < -0.3 is 10.1 Å². The van der Waals surface area contributed by atoms with E-state index in [1.807, 2.05) is 49.4 Å². The van der Waals surface area contributed by atoms with E-state index in [0.29, 0.717) is 24.3 Å². The van der Waals surface area contributed by atoms with Gasteiger partial charge in [0.1, 0.15) is 11.9 Å². The van der Waals surface area contributed by atoms with E-state index >= 15 is 0 Å². The molecule has 0 spiro atoms. The van der Waals surface area contributed by atoms with Gasteiger partial charge in [-0.3, -0.25) is 4.90 Å². The highest BCUT2D eigenvalue weighted by atomic mass is 16.5. The second-order valence-electron chi connectivity index (χ2n) is 10.1. The zero-order valence-electron chi connectivity index (χ0n) is 23.0. The molecule has 1 aliphatic rings. The van der Waals surface area contributed by atoms with Crippen LogP contribution in [-0.4, -0.2) is 50.6 Å². The first kappa shape index (κ1) is 26.4. The monoisotopic (exact) mass is 541 g/mol. The van der Waals surface area contributed by atoms with Crippen LogP contribution in [0.3, 0.4) is 0 Å². The average Bonchev–Trinajstić information content (AvgIpc) is 3.02. The molecule has 0 atom stereocenters. The number of piperidine rings is 1. The fourth-order valence-corrected chi connectivity index (χ4v) is 5.29. The first-order valence-corrected chi connectivity index (χ1v) is 14.0. The Labute approximate surface area is 239 Å². The highest BCUT2D eigenvalue weighted by molar-refractivity contribution is 5.90. The van der Waals surface area contributed by atoms with Crippen molar-refractivity contribution in [2.45, 2.75) is 32.4 Å². The summed E-state index contributed by atoms with van der Waals surface area (Å²) in [6.45, 7) is 5.43. The molecule has 8 nitrogen and oxygen atoms in total. The summed E-state index contributed by atoms with van der Waals surface area (Å²) >= 11 is 0. The number of nitrogens with one attached hydrogen (secondary N) is 1. The molecule has 1 aliphatic heterocycles. The minimum Gasteiger partial charge on any atom is -0.478 e. The van der Waals surface area contributed by atoms with Crippen molar-refractivity contribution in [3.8, 4) is 34.3 Å². The van der Waals surface area contributed by atoms with Gasteiger partial charge in [-0.05, 0) is 49.1 Å². The molecule has 0 unspecified atom stereocenters. The lowest BCUT2D eigenvalue weighted by molar-refractivity contribution is 0.211. The lowest BCUT2D eigenvalue weighted by Crippen LogP contribution is -2.38. The van der Waals surface area contributed by atoms with Gasteiger partial charge in [0.2, 0.25) is 11.7 Å². The third kappa shape index (κ3) is 6.16. The molecule has 3 aromatic heterocycles. The molecule has 1 saturated heterocycles. The molecule has 0 aliphatic carbocycles. The number of benzene rings is 2. The smallest absolute Gasteiger partial charge is 0.234 e. The normalized spacial score (nSPS) is 14.0. The van der Waals surface area contributed by atoms with E-state index in [4.69, 9.17) is 15.0 Å². The zero-order chi connectivity index (χ0) is 28.0. The van der Waals surface area contributed by atoms with E-state index in [1.165, 1.54) is 5.56 Å². The van der Waals surface area contributed by atoms with Crippen LogP contribution in [0, 0.1) is 11.3 Å². The van der Waals surface area contributed by atoms with Crippen molar-refractivity contribution in [2.24, 2.45) is 0 Å². The molecule has 1 fully saturated rings. The van der Waals surface area contributed by atoms with E-state index < -0.39 is 0 Å². The first-order valence-electron chi connectivity index (χ1n) is 14.0. The molecule has 8 heteroatoms. The number of aromatic nitrogens is 4. The van der Waals surface area contributed by atoms with Crippen LogP contribution >= 0.6 is 0 Å². The van der Waals surface area contributed by atoms with Crippen LogP contribution in [0.25, 0.3) is 33.4 Å². The van der Waals surface area contributed by atoms with Gasteiger partial charge in [0.05, 0.1) is 23.3 Å². The van der Waals surface area contributed by atoms with Gasteiger partial charge in [0.25, 0.3) is 0 Å². The SMILES string of the molecule is CCOc1ccc2nc(-c3ccc(CN4CCC(Nc5ccnc(C#N)n5)CC4)cc3)c(-c3ccccc3)cc2n1.